The summed E-state index contributed by atoms with van der Waals surface area (Å²) < 4.78 is 4.62. The molecule has 4 heteroatoms. The molecule has 0 aromatic heterocycles. The van der Waals surface area contributed by atoms with Gasteiger partial charge >= 0.3 is 5.97 Å². The molecule has 0 bridgehead atoms. The van der Waals surface area contributed by atoms with Crippen LogP contribution in [0.4, 0.5) is 0 Å². The van der Waals surface area contributed by atoms with Crippen LogP contribution in [0.2, 0.25) is 0 Å². The van der Waals surface area contributed by atoms with Gasteiger partial charge in [0.05, 0.1) is 13.5 Å². The lowest BCUT2D eigenvalue weighted by Crippen LogP contribution is -2.22. The van der Waals surface area contributed by atoms with E-state index in [0.717, 1.165) is 11.1 Å². The fourth-order valence-corrected chi connectivity index (χ4v) is 1.89. The highest BCUT2D eigenvalue weighted by Gasteiger charge is 2.05. The van der Waals surface area contributed by atoms with Gasteiger partial charge in [-0.15, -0.1) is 0 Å². The molecule has 0 unspecified atom stereocenters. The van der Waals surface area contributed by atoms with Gasteiger partial charge in [-0.2, -0.15) is 0 Å². The average Bonchev–Trinajstić information content (AvgIpc) is 2.54. The Kier molecular flexibility index (Phi) is 5.10. The van der Waals surface area contributed by atoms with E-state index in [4.69, 9.17) is 0 Å². The molecular weight excluding hydrogens is 266 g/mol. The predicted octanol–water partition coefficient (Wildman–Crippen LogP) is 2.33. The molecule has 0 aliphatic heterocycles. The normalized spacial score (nSPS) is 9.95. The lowest BCUT2D eigenvalue weighted by molar-refractivity contribution is -0.139. The van der Waals surface area contributed by atoms with Crippen molar-refractivity contribution in [1.29, 1.82) is 0 Å². The largest absolute Gasteiger partial charge is 0.469 e. The summed E-state index contributed by atoms with van der Waals surface area (Å²) >= 11 is 0. The Morgan fingerprint density at radius 2 is 1.57 bits per heavy atom. The van der Waals surface area contributed by atoms with Crippen molar-refractivity contribution >= 4 is 11.9 Å². The summed E-state index contributed by atoms with van der Waals surface area (Å²) in [6.45, 7) is 0.451. The highest BCUT2D eigenvalue weighted by Crippen LogP contribution is 2.06. The molecule has 0 radical (unpaired) electrons. The summed E-state index contributed by atoms with van der Waals surface area (Å²) in [6.07, 6.45) is 0.257. The summed E-state index contributed by atoms with van der Waals surface area (Å²) in [5, 5.41) is 2.86. The van der Waals surface area contributed by atoms with Crippen LogP contribution in [0.15, 0.2) is 54.6 Å². The van der Waals surface area contributed by atoms with Gasteiger partial charge in [-0.1, -0.05) is 42.5 Å². The third-order valence-electron chi connectivity index (χ3n) is 3.09. The number of methoxy groups -OCH3 is 1. The standard InChI is InChI=1S/C17H17NO3/c1-21-16(19)11-13-7-9-14(10-8-13)12-18-17(20)15-5-3-2-4-6-15/h2-10H,11-12H2,1H3,(H,18,20). The van der Waals surface area contributed by atoms with Crippen molar-refractivity contribution in [3.8, 4) is 0 Å². The minimum atomic E-state index is -0.264. The van der Waals surface area contributed by atoms with Crippen LogP contribution in [0.1, 0.15) is 21.5 Å². The molecule has 0 saturated carbocycles. The van der Waals surface area contributed by atoms with Crippen LogP contribution in [0.5, 0.6) is 0 Å². The van der Waals surface area contributed by atoms with E-state index in [1.165, 1.54) is 7.11 Å². The zero-order valence-electron chi connectivity index (χ0n) is 11.8. The number of carbonyl (C=O) groups is 2. The number of benzene rings is 2. The van der Waals surface area contributed by atoms with E-state index in [9.17, 15) is 9.59 Å². The number of amides is 1. The van der Waals surface area contributed by atoms with Crippen molar-refractivity contribution in [3.63, 3.8) is 0 Å². The number of ether oxygens (including phenoxy) is 1. The summed E-state index contributed by atoms with van der Waals surface area (Å²) in [4.78, 5) is 23.1. The number of rotatable bonds is 5. The van der Waals surface area contributed by atoms with E-state index in [2.05, 4.69) is 10.1 Å². The molecule has 0 spiro atoms. The molecule has 108 valence electrons. The fraction of sp³-hybridized carbons (Fsp3) is 0.176. The summed E-state index contributed by atoms with van der Waals surface area (Å²) in [7, 11) is 1.37. The van der Waals surface area contributed by atoms with Crippen LogP contribution in [0, 0.1) is 0 Å². The molecule has 0 aliphatic carbocycles. The molecule has 4 nitrogen and oxygen atoms in total. The van der Waals surface area contributed by atoms with Crippen molar-refractivity contribution < 1.29 is 14.3 Å². The Morgan fingerprint density at radius 3 is 2.19 bits per heavy atom. The second-order valence-corrected chi connectivity index (χ2v) is 4.62. The molecule has 0 aliphatic rings. The number of hydrogen-bond donors (Lipinski definition) is 1. The summed E-state index contributed by atoms with van der Waals surface area (Å²) in [6, 6.07) is 16.6. The van der Waals surface area contributed by atoms with Gasteiger partial charge in [0.1, 0.15) is 0 Å². The topological polar surface area (TPSA) is 55.4 Å². The second kappa shape index (κ2) is 7.24. The van der Waals surface area contributed by atoms with E-state index in [1.54, 1.807) is 12.1 Å². The molecular formula is C17H17NO3. The van der Waals surface area contributed by atoms with Gasteiger partial charge in [0, 0.05) is 12.1 Å². The Labute approximate surface area is 123 Å². The van der Waals surface area contributed by atoms with Gasteiger partial charge in [0.15, 0.2) is 0 Å². The van der Waals surface area contributed by atoms with Crippen LogP contribution in [0.3, 0.4) is 0 Å². The average molecular weight is 283 g/mol. The van der Waals surface area contributed by atoms with E-state index >= 15 is 0 Å². The lowest BCUT2D eigenvalue weighted by atomic mass is 10.1. The first-order chi connectivity index (χ1) is 10.2. The van der Waals surface area contributed by atoms with E-state index in [0.29, 0.717) is 12.1 Å². The van der Waals surface area contributed by atoms with Crippen LogP contribution in [-0.2, 0) is 22.5 Å². The Bertz CT molecular complexity index is 606. The second-order valence-electron chi connectivity index (χ2n) is 4.62. The van der Waals surface area contributed by atoms with Crippen molar-refractivity contribution in [2.75, 3.05) is 7.11 Å². The van der Waals surface area contributed by atoms with E-state index in [1.807, 2.05) is 42.5 Å². The van der Waals surface area contributed by atoms with Crippen LogP contribution < -0.4 is 5.32 Å². The molecule has 0 heterocycles. The molecule has 2 aromatic rings. The smallest absolute Gasteiger partial charge is 0.309 e. The van der Waals surface area contributed by atoms with Crippen molar-refractivity contribution in [2.45, 2.75) is 13.0 Å². The molecule has 21 heavy (non-hydrogen) atoms. The molecule has 1 amide bonds. The van der Waals surface area contributed by atoms with Gasteiger partial charge in [-0.3, -0.25) is 9.59 Å². The molecule has 0 atom stereocenters. The zero-order valence-corrected chi connectivity index (χ0v) is 11.8. The van der Waals surface area contributed by atoms with Crippen molar-refractivity contribution in [2.24, 2.45) is 0 Å². The van der Waals surface area contributed by atoms with Crippen molar-refractivity contribution in [3.05, 3.63) is 71.3 Å². The molecule has 0 saturated heterocycles. The van der Waals surface area contributed by atoms with Gasteiger partial charge in [-0.05, 0) is 23.3 Å². The van der Waals surface area contributed by atoms with Gasteiger partial charge in [0.25, 0.3) is 5.91 Å². The van der Waals surface area contributed by atoms with Gasteiger partial charge < -0.3 is 10.1 Å². The molecule has 2 aromatic carbocycles. The summed E-state index contributed by atoms with van der Waals surface area (Å²) in [5.74, 6) is -0.366. The number of nitrogens with one attached hydrogen (secondary N) is 1. The third kappa shape index (κ3) is 4.45. The first kappa shape index (κ1) is 14.8. The maximum absolute atomic E-state index is 11.9. The minimum absolute atomic E-state index is 0.103. The van der Waals surface area contributed by atoms with Gasteiger partial charge in [-0.25, -0.2) is 0 Å². The Balaban J connectivity index is 1.89. The van der Waals surface area contributed by atoms with E-state index in [-0.39, 0.29) is 18.3 Å². The SMILES string of the molecule is COC(=O)Cc1ccc(CNC(=O)c2ccccc2)cc1. The maximum atomic E-state index is 11.9. The minimum Gasteiger partial charge on any atom is -0.469 e. The summed E-state index contributed by atoms with van der Waals surface area (Å²) in [5.41, 5.74) is 2.51. The molecule has 2 rings (SSSR count). The van der Waals surface area contributed by atoms with Crippen LogP contribution >= 0.6 is 0 Å². The first-order valence-corrected chi connectivity index (χ1v) is 6.67. The predicted molar refractivity (Wildman–Crippen MR) is 79.8 cm³/mol. The highest BCUT2D eigenvalue weighted by molar-refractivity contribution is 5.94. The van der Waals surface area contributed by atoms with Gasteiger partial charge in [0.2, 0.25) is 0 Å². The van der Waals surface area contributed by atoms with Crippen LogP contribution in [-0.4, -0.2) is 19.0 Å². The third-order valence-corrected chi connectivity index (χ3v) is 3.09. The van der Waals surface area contributed by atoms with E-state index < -0.39 is 0 Å². The highest BCUT2D eigenvalue weighted by atomic mass is 16.5. The Hall–Kier alpha value is -2.62. The Morgan fingerprint density at radius 1 is 0.952 bits per heavy atom. The quantitative estimate of drug-likeness (QED) is 0.857. The zero-order chi connectivity index (χ0) is 15.1. The fourth-order valence-electron chi connectivity index (χ4n) is 1.89. The molecule has 0 fully saturated rings. The van der Waals surface area contributed by atoms with Crippen molar-refractivity contribution in [1.82, 2.24) is 5.32 Å². The number of carbonyl (C=O) groups excluding carboxylic acids is 2. The number of esters is 1. The first-order valence-electron chi connectivity index (χ1n) is 6.67. The maximum Gasteiger partial charge on any atom is 0.309 e. The number of hydrogen-bond acceptors (Lipinski definition) is 3. The molecule has 1 N–H and O–H groups in total. The monoisotopic (exact) mass is 283 g/mol. The van der Waals surface area contributed by atoms with Crippen LogP contribution in [0.25, 0.3) is 0 Å². The lowest BCUT2D eigenvalue weighted by Gasteiger charge is -2.06.